The summed E-state index contributed by atoms with van der Waals surface area (Å²) in [5.41, 5.74) is 0.693. The molecule has 0 radical (unpaired) electrons. The Morgan fingerprint density at radius 2 is 1.06 bits per heavy atom. The van der Waals surface area contributed by atoms with Crippen molar-refractivity contribution in [2.75, 3.05) is 6.26 Å². The lowest BCUT2D eigenvalue weighted by Crippen LogP contribution is -3.00. The van der Waals surface area contributed by atoms with Gasteiger partial charge in [-0.05, 0) is 12.2 Å². The highest BCUT2D eigenvalue weighted by Gasteiger charge is 2.91. The molecule has 2 atom stereocenters. The number of allylic oxidation sites excluding steroid dienone is 2. The van der Waals surface area contributed by atoms with Gasteiger partial charge in [-0.2, -0.15) is 0 Å². The van der Waals surface area contributed by atoms with E-state index in [1.165, 1.54) is 0 Å². The Balaban J connectivity index is 0.00000144. The fourth-order valence-electron chi connectivity index (χ4n) is 3.86. The van der Waals surface area contributed by atoms with Crippen LogP contribution in [0, 0.1) is 10.8 Å². The van der Waals surface area contributed by atoms with Crippen LogP contribution in [0.15, 0.2) is 24.3 Å². The van der Waals surface area contributed by atoms with Gasteiger partial charge in [0.1, 0.15) is 0 Å². The fourth-order valence-corrected chi connectivity index (χ4v) is 8.24. The zero-order chi connectivity index (χ0) is 12.4. The van der Waals surface area contributed by atoms with Crippen LogP contribution >= 0.6 is 0 Å². The molecular weight excluding hydrogens is 339 g/mol. The monoisotopic (exact) mass is 364 g/mol. The Labute approximate surface area is 127 Å². The van der Waals surface area contributed by atoms with Gasteiger partial charge in [0.15, 0.2) is 0 Å². The molecule has 0 nitrogen and oxygen atoms in total. The Hall–Kier alpha value is 0.560. The lowest BCUT2D eigenvalue weighted by molar-refractivity contribution is -0.00000430. The van der Waals surface area contributed by atoms with E-state index >= 15 is 0 Å². The minimum absolute atomic E-state index is 0. The maximum Gasteiger partial charge on any atom is 0.205 e. The van der Waals surface area contributed by atoms with Gasteiger partial charge in [-0.3, -0.25) is 0 Å². The smallest absolute Gasteiger partial charge is 0.205 e. The fraction of sp³-hybridized carbons (Fsp3) is 0.733. The van der Waals surface area contributed by atoms with E-state index in [1.54, 1.807) is 0 Å². The first-order valence-corrected chi connectivity index (χ1v) is 7.78. The largest absolute Gasteiger partial charge is 1.00 e. The molecule has 98 valence electrons. The van der Waals surface area contributed by atoms with Crippen LogP contribution in [-0.2, 0) is 10.9 Å². The van der Waals surface area contributed by atoms with Crippen molar-refractivity contribution in [3.8, 4) is 0 Å². The van der Waals surface area contributed by atoms with Crippen molar-refractivity contribution in [2.24, 2.45) is 10.8 Å². The van der Waals surface area contributed by atoms with Gasteiger partial charge >= 0.3 is 0 Å². The Kier molecular flexibility index (Phi) is 3.70. The third-order valence-electron chi connectivity index (χ3n) is 4.48. The van der Waals surface area contributed by atoms with Gasteiger partial charge in [0, 0.05) is 21.7 Å². The molecule has 2 heteroatoms. The number of hydrogen-bond donors (Lipinski definition) is 0. The van der Waals surface area contributed by atoms with Gasteiger partial charge in [-0.1, -0.05) is 53.7 Å². The van der Waals surface area contributed by atoms with Gasteiger partial charge in [-0.15, -0.1) is 0 Å². The average Bonchev–Trinajstić information content (AvgIpc) is 2.69. The zero-order valence-electron chi connectivity index (χ0n) is 12.1. The van der Waals surface area contributed by atoms with Gasteiger partial charge in [-0.25, -0.2) is 0 Å². The molecule has 1 fully saturated rings. The van der Waals surface area contributed by atoms with Crippen LogP contribution in [0.25, 0.3) is 0 Å². The first-order chi connectivity index (χ1) is 7.11. The molecule has 0 N–H and O–H groups in total. The molecule has 0 bridgehead atoms. The van der Waals surface area contributed by atoms with Crippen molar-refractivity contribution in [2.45, 2.75) is 51.0 Å². The van der Waals surface area contributed by atoms with Crippen molar-refractivity contribution in [3.05, 3.63) is 24.3 Å². The van der Waals surface area contributed by atoms with Crippen molar-refractivity contribution in [1.82, 2.24) is 0 Å². The van der Waals surface area contributed by atoms with E-state index in [0.29, 0.717) is 31.2 Å². The van der Waals surface area contributed by atoms with Crippen LogP contribution in [0.1, 0.15) is 41.5 Å². The van der Waals surface area contributed by atoms with Crippen LogP contribution < -0.4 is 24.0 Å². The maximum atomic E-state index is 2.49. The summed E-state index contributed by atoms with van der Waals surface area (Å²) in [6.45, 7) is 14.4. The zero-order valence-corrected chi connectivity index (χ0v) is 15.1. The molecule has 2 unspecified atom stereocenters. The summed E-state index contributed by atoms with van der Waals surface area (Å²) in [4.78, 5) is 0. The van der Waals surface area contributed by atoms with Crippen LogP contribution in [0.5, 0.6) is 0 Å². The molecule has 1 heterocycles. The summed E-state index contributed by atoms with van der Waals surface area (Å²) < 4.78 is 0.764. The molecule has 1 aliphatic carbocycles. The van der Waals surface area contributed by atoms with Crippen molar-refractivity contribution >= 4 is 10.9 Å². The van der Waals surface area contributed by atoms with E-state index in [4.69, 9.17) is 0 Å². The van der Waals surface area contributed by atoms with Crippen LogP contribution in [0.2, 0.25) is 0 Å². The summed E-state index contributed by atoms with van der Waals surface area (Å²) in [7, 11) is 0.446. The maximum absolute atomic E-state index is 2.49. The second-order valence-electron chi connectivity index (χ2n) is 7.20. The molecule has 1 saturated heterocycles. The highest BCUT2D eigenvalue weighted by atomic mass is 127. The second kappa shape index (κ2) is 4.03. The third-order valence-corrected chi connectivity index (χ3v) is 8.35. The molecule has 0 amide bonds. The highest BCUT2D eigenvalue weighted by molar-refractivity contribution is 8.07. The van der Waals surface area contributed by atoms with Crippen molar-refractivity contribution < 1.29 is 24.0 Å². The minimum atomic E-state index is 0. The second-order valence-corrected chi connectivity index (χ2v) is 9.51. The van der Waals surface area contributed by atoms with Crippen LogP contribution in [0.4, 0.5) is 0 Å². The third kappa shape index (κ3) is 1.62. The summed E-state index contributed by atoms with van der Waals surface area (Å²) >= 11 is 0. The summed E-state index contributed by atoms with van der Waals surface area (Å²) in [6, 6.07) is 0. The quantitative estimate of drug-likeness (QED) is 0.341. The van der Waals surface area contributed by atoms with E-state index in [1.807, 2.05) is 0 Å². The molecule has 2 rings (SSSR count). The molecule has 0 aromatic rings. The molecule has 1 aliphatic heterocycles. The van der Waals surface area contributed by atoms with Crippen LogP contribution in [0.3, 0.4) is 0 Å². The number of hydrogen-bond acceptors (Lipinski definition) is 0. The number of fused-ring (bicyclic) bond motifs is 1. The topological polar surface area (TPSA) is 0 Å². The van der Waals surface area contributed by atoms with E-state index < -0.39 is 0 Å². The highest BCUT2D eigenvalue weighted by Crippen LogP contribution is 2.73. The lowest BCUT2D eigenvalue weighted by Gasteiger charge is -2.31. The van der Waals surface area contributed by atoms with Crippen LogP contribution in [-0.4, -0.2) is 15.7 Å². The predicted octanol–water partition coefficient (Wildman–Crippen LogP) is 0.948. The Morgan fingerprint density at radius 3 is 1.29 bits per heavy atom. The lowest BCUT2D eigenvalue weighted by atomic mass is 9.63. The predicted molar refractivity (Wildman–Crippen MR) is 75.9 cm³/mol. The molecule has 17 heavy (non-hydrogen) atoms. The van der Waals surface area contributed by atoms with Gasteiger partial charge in [0.05, 0.1) is 6.26 Å². The normalized spacial score (nSPS) is 39.6. The first-order valence-electron chi connectivity index (χ1n) is 6.14. The summed E-state index contributed by atoms with van der Waals surface area (Å²) in [5, 5.41) is 0. The van der Waals surface area contributed by atoms with E-state index in [-0.39, 0.29) is 24.0 Å². The molecule has 0 saturated carbocycles. The molecule has 0 aromatic carbocycles. The van der Waals surface area contributed by atoms with E-state index in [0.717, 1.165) is 0 Å². The number of rotatable bonds is 0. The van der Waals surface area contributed by atoms with E-state index in [2.05, 4.69) is 72.1 Å². The average molecular weight is 364 g/mol. The Morgan fingerprint density at radius 1 is 0.765 bits per heavy atom. The SMILES string of the molecule is C[S+]1C2(C(C)(C)C)C=CC=CC12C(C)(C)C.[I-]. The minimum Gasteiger partial charge on any atom is -1.00 e. The van der Waals surface area contributed by atoms with Crippen molar-refractivity contribution in [1.29, 1.82) is 0 Å². The number of halogens is 1. The van der Waals surface area contributed by atoms with Gasteiger partial charge in [0.25, 0.3) is 0 Å². The van der Waals surface area contributed by atoms with E-state index in [9.17, 15) is 0 Å². The first kappa shape index (κ1) is 15.6. The molecule has 0 aromatic heterocycles. The van der Waals surface area contributed by atoms with Gasteiger partial charge < -0.3 is 24.0 Å². The Bertz CT molecular complexity index is 333. The van der Waals surface area contributed by atoms with Crippen molar-refractivity contribution in [3.63, 3.8) is 0 Å². The van der Waals surface area contributed by atoms with Gasteiger partial charge in [0.2, 0.25) is 9.49 Å². The molecule has 0 spiro atoms. The standard InChI is InChI=1S/C15H25S.HI/c1-12(2,3)14-10-8-9-11-15(14,16(14)7)13(4,5)6;/h8-11H,1-7H3;1H/q+1;/p-1. The summed E-state index contributed by atoms with van der Waals surface area (Å²) in [6.07, 6.45) is 11.9. The summed E-state index contributed by atoms with van der Waals surface area (Å²) in [5.74, 6) is 0. The molecule has 2 aliphatic rings. The molecular formula is C15H25IS.